The fourth-order valence-electron chi connectivity index (χ4n) is 2.30. The summed E-state index contributed by atoms with van der Waals surface area (Å²) < 4.78 is 4.92. The molecule has 1 aromatic carbocycles. The van der Waals surface area contributed by atoms with Crippen LogP contribution in [-0.2, 0) is 20.7 Å². The zero-order valence-corrected chi connectivity index (χ0v) is 11.3. The van der Waals surface area contributed by atoms with Crippen molar-refractivity contribution in [3.05, 3.63) is 29.8 Å². The Hall–Kier alpha value is -2.08. The van der Waals surface area contributed by atoms with Crippen LogP contribution in [0.25, 0.3) is 0 Å². The van der Waals surface area contributed by atoms with Gasteiger partial charge in [0.1, 0.15) is 12.6 Å². The molecule has 0 saturated heterocycles. The number of nitrogens with one attached hydrogen (secondary N) is 1. The van der Waals surface area contributed by atoms with Crippen LogP contribution in [0.1, 0.15) is 5.56 Å². The van der Waals surface area contributed by atoms with Crippen molar-refractivity contribution < 1.29 is 19.4 Å². The Morgan fingerprint density at radius 1 is 1.45 bits per heavy atom. The van der Waals surface area contributed by atoms with Gasteiger partial charge in [-0.1, -0.05) is 18.2 Å². The molecule has 1 aromatic rings. The minimum Gasteiger partial charge on any atom is -0.480 e. The van der Waals surface area contributed by atoms with E-state index in [1.165, 1.54) is 12.0 Å². The Kier molecular flexibility index (Phi) is 4.57. The number of methoxy groups -OCH3 is 1. The van der Waals surface area contributed by atoms with Crippen LogP contribution in [0.2, 0.25) is 0 Å². The molecule has 0 saturated carbocycles. The second kappa shape index (κ2) is 6.38. The normalized spacial score (nSPS) is 16.4. The molecule has 1 aliphatic rings. The molecule has 0 aliphatic carbocycles. The van der Waals surface area contributed by atoms with Gasteiger partial charge in [-0.2, -0.15) is 0 Å². The summed E-state index contributed by atoms with van der Waals surface area (Å²) in [5, 5.41) is 12.0. The minimum absolute atomic E-state index is 0.208. The molecule has 20 heavy (non-hydrogen) atoms. The summed E-state index contributed by atoms with van der Waals surface area (Å²) in [6.45, 7) is 0.283. The number of nitrogens with zero attached hydrogens (tertiary/aromatic N) is 1. The molecule has 1 amide bonds. The molecule has 0 spiro atoms. The molecule has 0 fully saturated rings. The van der Waals surface area contributed by atoms with Gasteiger partial charge in [-0.05, 0) is 11.6 Å². The molecule has 1 heterocycles. The first-order valence-electron chi connectivity index (χ1n) is 6.45. The maximum Gasteiger partial charge on any atom is 0.323 e. The van der Waals surface area contributed by atoms with E-state index in [1.54, 1.807) is 0 Å². The average molecular weight is 278 g/mol. The van der Waals surface area contributed by atoms with E-state index in [0.29, 0.717) is 13.0 Å². The maximum absolute atomic E-state index is 12.4. The molecule has 6 nitrogen and oxygen atoms in total. The van der Waals surface area contributed by atoms with Gasteiger partial charge < -0.3 is 20.1 Å². The first-order chi connectivity index (χ1) is 9.61. The van der Waals surface area contributed by atoms with Gasteiger partial charge in [0.15, 0.2) is 0 Å². The van der Waals surface area contributed by atoms with E-state index >= 15 is 0 Å². The lowest BCUT2D eigenvalue weighted by molar-refractivity contribution is -0.145. The lowest BCUT2D eigenvalue weighted by atomic mass is 10.1. The highest BCUT2D eigenvalue weighted by atomic mass is 16.5. The highest BCUT2D eigenvalue weighted by Crippen LogP contribution is 2.25. The highest BCUT2D eigenvalue weighted by molar-refractivity contribution is 5.89. The first kappa shape index (κ1) is 14.3. The zero-order valence-electron chi connectivity index (χ0n) is 11.3. The minimum atomic E-state index is -1.02. The Bertz CT molecular complexity index is 479. The van der Waals surface area contributed by atoms with E-state index in [-0.39, 0.29) is 19.0 Å². The second-order valence-corrected chi connectivity index (χ2v) is 4.70. The molecule has 1 atom stereocenters. The van der Waals surface area contributed by atoms with E-state index in [9.17, 15) is 9.59 Å². The first-order valence-corrected chi connectivity index (χ1v) is 6.45. The summed E-state index contributed by atoms with van der Waals surface area (Å²) in [6, 6.07) is 7.31. The Morgan fingerprint density at radius 3 is 2.85 bits per heavy atom. The molecule has 2 rings (SSSR count). The lowest BCUT2D eigenvalue weighted by Crippen LogP contribution is -2.45. The van der Waals surface area contributed by atoms with E-state index in [0.717, 1.165) is 11.3 Å². The molecule has 1 unspecified atom stereocenters. The van der Waals surface area contributed by atoms with Gasteiger partial charge in [-0.3, -0.25) is 9.59 Å². The van der Waals surface area contributed by atoms with E-state index in [1.807, 2.05) is 24.3 Å². The fourth-order valence-corrected chi connectivity index (χ4v) is 2.30. The molecular formula is C14H18N2O4. The molecule has 0 bridgehead atoms. The quantitative estimate of drug-likeness (QED) is 0.796. The summed E-state index contributed by atoms with van der Waals surface area (Å²) in [5.41, 5.74) is 2.01. The van der Waals surface area contributed by atoms with Crippen molar-refractivity contribution in [2.75, 3.05) is 32.1 Å². The number of hydrogen-bond donors (Lipinski definition) is 2. The SMILES string of the molecule is COCCN(CC(=O)O)C(=O)C1Cc2ccccc2N1. The standard InChI is InChI=1S/C14H18N2O4/c1-20-7-6-16(9-13(17)18)14(19)12-8-10-4-2-3-5-11(10)15-12/h2-5,12,15H,6-9H2,1H3,(H,17,18). The number of benzene rings is 1. The second-order valence-electron chi connectivity index (χ2n) is 4.70. The summed E-state index contributed by atoms with van der Waals surface area (Å²) in [7, 11) is 1.52. The topological polar surface area (TPSA) is 78.9 Å². The Balaban J connectivity index is 2.03. The number of carboxylic acids is 1. The Morgan fingerprint density at radius 2 is 2.20 bits per heavy atom. The maximum atomic E-state index is 12.4. The number of fused-ring (bicyclic) bond motifs is 1. The molecular weight excluding hydrogens is 260 g/mol. The van der Waals surface area contributed by atoms with E-state index < -0.39 is 12.0 Å². The smallest absolute Gasteiger partial charge is 0.323 e. The van der Waals surface area contributed by atoms with E-state index in [4.69, 9.17) is 9.84 Å². The summed E-state index contributed by atoms with van der Waals surface area (Å²) >= 11 is 0. The number of carbonyl (C=O) groups is 2. The fraction of sp³-hybridized carbons (Fsp3) is 0.429. The molecule has 1 aliphatic heterocycles. The Labute approximate surface area is 117 Å². The number of para-hydroxylation sites is 1. The van der Waals surface area contributed by atoms with Crippen molar-refractivity contribution in [3.8, 4) is 0 Å². The van der Waals surface area contributed by atoms with Gasteiger partial charge in [0.25, 0.3) is 0 Å². The van der Waals surface area contributed by atoms with Crippen LogP contribution in [0.4, 0.5) is 5.69 Å². The molecule has 2 N–H and O–H groups in total. The highest BCUT2D eigenvalue weighted by Gasteiger charge is 2.30. The summed E-state index contributed by atoms with van der Waals surface area (Å²) in [5.74, 6) is -1.23. The van der Waals surface area contributed by atoms with Crippen LogP contribution in [0.5, 0.6) is 0 Å². The number of rotatable bonds is 6. The lowest BCUT2D eigenvalue weighted by Gasteiger charge is -2.24. The van der Waals surface area contributed by atoms with Gasteiger partial charge in [0.2, 0.25) is 5.91 Å². The molecule has 0 aromatic heterocycles. The number of anilines is 1. The third-order valence-corrected chi connectivity index (χ3v) is 3.27. The van der Waals surface area contributed by atoms with Crippen LogP contribution in [-0.4, -0.2) is 54.7 Å². The third-order valence-electron chi connectivity index (χ3n) is 3.27. The van der Waals surface area contributed by atoms with Crippen LogP contribution in [0.3, 0.4) is 0 Å². The number of hydrogen-bond acceptors (Lipinski definition) is 4. The number of ether oxygens (including phenoxy) is 1. The van der Waals surface area contributed by atoms with Crippen molar-refractivity contribution in [1.82, 2.24) is 4.90 Å². The number of amides is 1. The van der Waals surface area contributed by atoms with Crippen molar-refractivity contribution in [1.29, 1.82) is 0 Å². The predicted octanol–water partition coefficient (Wildman–Crippen LogP) is 0.583. The van der Waals surface area contributed by atoms with Crippen LogP contribution in [0.15, 0.2) is 24.3 Å². The van der Waals surface area contributed by atoms with Crippen molar-refractivity contribution in [2.24, 2.45) is 0 Å². The van der Waals surface area contributed by atoms with Gasteiger partial charge >= 0.3 is 5.97 Å². The average Bonchev–Trinajstić information content (AvgIpc) is 2.86. The predicted molar refractivity (Wildman–Crippen MR) is 73.6 cm³/mol. The van der Waals surface area contributed by atoms with Gasteiger partial charge in [0, 0.05) is 25.8 Å². The summed E-state index contributed by atoms with van der Waals surface area (Å²) in [4.78, 5) is 24.6. The van der Waals surface area contributed by atoms with Gasteiger partial charge in [-0.15, -0.1) is 0 Å². The molecule has 108 valence electrons. The van der Waals surface area contributed by atoms with Gasteiger partial charge in [-0.25, -0.2) is 0 Å². The molecule has 0 radical (unpaired) electrons. The van der Waals surface area contributed by atoms with Crippen LogP contribution >= 0.6 is 0 Å². The van der Waals surface area contributed by atoms with Crippen molar-refractivity contribution in [3.63, 3.8) is 0 Å². The van der Waals surface area contributed by atoms with Crippen LogP contribution in [0, 0.1) is 0 Å². The number of carboxylic acid groups (broad SMARTS) is 1. The largest absolute Gasteiger partial charge is 0.480 e. The molecule has 6 heteroatoms. The monoisotopic (exact) mass is 278 g/mol. The van der Waals surface area contributed by atoms with Gasteiger partial charge in [0.05, 0.1) is 6.61 Å². The van der Waals surface area contributed by atoms with Crippen molar-refractivity contribution in [2.45, 2.75) is 12.5 Å². The van der Waals surface area contributed by atoms with Crippen LogP contribution < -0.4 is 5.32 Å². The van der Waals surface area contributed by atoms with Crippen molar-refractivity contribution >= 4 is 17.6 Å². The number of carbonyl (C=O) groups excluding carboxylic acids is 1. The zero-order chi connectivity index (χ0) is 14.5. The number of aliphatic carboxylic acids is 1. The summed E-state index contributed by atoms with van der Waals surface area (Å²) in [6.07, 6.45) is 0.581. The van der Waals surface area contributed by atoms with E-state index in [2.05, 4.69) is 5.32 Å². The third kappa shape index (κ3) is 3.27.